The van der Waals surface area contributed by atoms with Gasteiger partial charge in [-0.15, -0.1) is 0 Å². The first kappa shape index (κ1) is 11.0. The molecule has 2 N–H and O–H groups in total. The summed E-state index contributed by atoms with van der Waals surface area (Å²) in [6, 6.07) is 0.726. The molecule has 1 saturated carbocycles. The first-order valence-corrected chi connectivity index (χ1v) is 5.55. The third-order valence-corrected chi connectivity index (χ3v) is 3.61. The Bertz CT molecular complexity index is 145. The highest BCUT2D eigenvalue weighted by molar-refractivity contribution is 4.84. The lowest BCUT2D eigenvalue weighted by Gasteiger charge is -2.39. The van der Waals surface area contributed by atoms with Crippen molar-refractivity contribution >= 4 is 0 Å². The maximum absolute atomic E-state index is 5.79. The molecule has 1 fully saturated rings. The smallest absolute Gasteiger partial charge is 0.0132 e. The summed E-state index contributed by atoms with van der Waals surface area (Å²) in [7, 11) is 4.37. The molecular formula is C11H24N2. The van der Waals surface area contributed by atoms with E-state index in [9.17, 15) is 0 Å². The number of nitrogens with zero attached hydrogens (tertiary/aromatic N) is 1. The largest absolute Gasteiger partial charge is 0.330 e. The van der Waals surface area contributed by atoms with Crippen LogP contribution in [0.2, 0.25) is 0 Å². The Morgan fingerprint density at radius 2 is 2.00 bits per heavy atom. The Balaban J connectivity index is 2.52. The predicted octanol–water partition coefficient (Wildman–Crippen LogP) is 1.70. The van der Waals surface area contributed by atoms with E-state index in [2.05, 4.69) is 25.9 Å². The quantitative estimate of drug-likeness (QED) is 0.723. The number of hydrogen-bond acceptors (Lipinski definition) is 2. The molecular weight excluding hydrogens is 160 g/mol. The second-order valence-corrected chi connectivity index (χ2v) is 4.61. The van der Waals surface area contributed by atoms with Gasteiger partial charge in [-0.25, -0.2) is 0 Å². The summed E-state index contributed by atoms with van der Waals surface area (Å²) < 4.78 is 0. The normalized spacial score (nSPS) is 35.3. The van der Waals surface area contributed by atoms with E-state index in [1.807, 2.05) is 0 Å². The summed E-state index contributed by atoms with van der Waals surface area (Å²) in [4.78, 5) is 2.36. The average Bonchev–Trinajstić information content (AvgIpc) is 2.16. The lowest BCUT2D eigenvalue weighted by Crippen LogP contribution is -2.43. The van der Waals surface area contributed by atoms with Crippen LogP contribution in [0.1, 0.15) is 32.6 Å². The van der Waals surface area contributed by atoms with Gasteiger partial charge in [-0.2, -0.15) is 0 Å². The molecule has 3 atom stereocenters. The summed E-state index contributed by atoms with van der Waals surface area (Å²) in [5, 5.41) is 0. The highest BCUT2D eigenvalue weighted by Crippen LogP contribution is 2.32. The zero-order chi connectivity index (χ0) is 9.84. The van der Waals surface area contributed by atoms with Crippen LogP contribution in [0, 0.1) is 11.8 Å². The zero-order valence-electron chi connectivity index (χ0n) is 9.29. The van der Waals surface area contributed by atoms with E-state index in [1.54, 1.807) is 0 Å². The van der Waals surface area contributed by atoms with Crippen LogP contribution >= 0.6 is 0 Å². The average molecular weight is 184 g/mol. The van der Waals surface area contributed by atoms with Crippen LogP contribution in [0.25, 0.3) is 0 Å². The topological polar surface area (TPSA) is 29.3 Å². The molecule has 1 rings (SSSR count). The van der Waals surface area contributed by atoms with E-state index >= 15 is 0 Å². The van der Waals surface area contributed by atoms with Gasteiger partial charge < -0.3 is 10.6 Å². The fraction of sp³-hybridized carbons (Fsp3) is 1.00. The molecule has 0 aliphatic heterocycles. The van der Waals surface area contributed by atoms with Crippen molar-refractivity contribution in [1.82, 2.24) is 4.90 Å². The minimum atomic E-state index is 0.726. The molecule has 0 amide bonds. The Labute approximate surface area is 82.5 Å². The molecule has 3 unspecified atom stereocenters. The summed E-state index contributed by atoms with van der Waals surface area (Å²) in [6.45, 7) is 3.17. The minimum Gasteiger partial charge on any atom is -0.330 e. The van der Waals surface area contributed by atoms with E-state index in [1.165, 1.54) is 25.7 Å². The standard InChI is InChI=1S/C11H24N2/c1-4-9-5-6-10(8-12)11(7-9)13(2)3/h9-11H,4-8,12H2,1-3H3. The maximum Gasteiger partial charge on any atom is 0.0132 e. The van der Waals surface area contributed by atoms with Crippen LogP contribution in [0.5, 0.6) is 0 Å². The Morgan fingerprint density at radius 1 is 1.31 bits per heavy atom. The molecule has 1 aliphatic carbocycles. The van der Waals surface area contributed by atoms with Gasteiger partial charge in [-0.05, 0) is 45.3 Å². The van der Waals surface area contributed by atoms with Crippen LogP contribution in [0.15, 0.2) is 0 Å². The third-order valence-electron chi connectivity index (χ3n) is 3.61. The van der Waals surface area contributed by atoms with Crippen molar-refractivity contribution in [2.24, 2.45) is 17.6 Å². The molecule has 13 heavy (non-hydrogen) atoms. The van der Waals surface area contributed by atoms with Crippen molar-refractivity contribution in [2.75, 3.05) is 20.6 Å². The van der Waals surface area contributed by atoms with E-state index in [0.29, 0.717) is 0 Å². The lowest BCUT2D eigenvalue weighted by atomic mass is 9.77. The summed E-state index contributed by atoms with van der Waals surface area (Å²) in [6.07, 6.45) is 5.41. The first-order chi connectivity index (χ1) is 6.19. The Kier molecular flexibility index (Phi) is 4.20. The predicted molar refractivity (Wildman–Crippen MR) is 57.7 cm³/mol. The third kappa shape index (κ3) is 2.68. The molecule has 0 radical (unpaired) electrons. The highest BCUT2D eigenvalue weighted by Gasteiger charge is 2.29. The fourth-order valence-electron chi connectivity index (χ4n) is 2.57. The number of hydrogen-bond donors (Lipinski definition) is 1. The SMILES string of the molecule is CCC1CCC(CN)C(N(C)C)C1. The van der Waals surface area contributed by atoms with Crippen LogP contribution < -0.4 is 5.73 Å². The molecule has 0 bridgehead atoms. The Hall–Kier alpha value is -0.0800. The molecule has 0 saturated heterocycles. The molecule has 0 aromatic carbocycles. The second-order valence-electron chi connectivity index (χ2n) is 4.61. The molecule has 0 aromatic heterocycles. The van der Waals surface area contributed by atoms with E-state index in [0.717, 1.165) is 24.4 Å². The van der Waals surface area contributed by atoms with Crippen molar-refractivity contribution in [3.63, 3.8) is 0 Å². The van der Waals surface area contributed by atoms with Crippen LogP contribution in [-0.2, 0) is 0 Å². The van der Waals surface area contributed by atoms with Crippen molar-refractivity contribution in [1.29, 1.82) is 0 Å². The number of rotatable bonds is 3. The van der Waals surface area contributed by atoms with Crippen LogP contribution in [-0.4, -0.2) is 31.6 Å². The first-order valence-electron chi connectivity index (χ1n) is 5.55. The zero-order valence-corrected chi connectivity index (χ0v) is 9.29. The van der Waals surface area contributed by atoms with Gasteiger partial charge in [-0.3, -0.25) is 0 Å². The number of nitrogens with two attached hydrogens (primary N) is 1. The van der Waals surface area contributed by atoms with Gasteiger partial charge in [-0.1, -0.05) is 19.8 Å². The summed E-state index contributed by atoms with van der Waals surface area (Å²) in [5.74, 6) is 1.67. The summed E-state index contributed by atoms with van der Waals surface area (Å²) in [5.41, 5.74) is 5.79. The van der Waals surface area contributed by atoms with Gasteiger partial charge in [0.1, 0.15) is 0 Å². The minimum absolute atomic E-state index is 0.726. The van der Waals surface area contributed by atoms with E-state index in [4.69, 9.17) is 5.73 Å². The van der Waals surface area contributed by atoms with Gasteiger partial charge in [0.15, 0.2) is 0 Å². The fourth-order valence-corrected chi connectivity index (χ4v) is 2.57. The molecule has 2 heteroatoms. The van der Waals surface area contributed by atoms with Crippen LogP contribution in [0.3, 0.4) is 0 Å². The van der Waals surface area contributed by atoms with Gasteiger partial charge in [0, 0.05) is 6.04 Å². The molecule has 2 nitrogen and oxygen atoms in total. The maximum atomic E-state index is 5.79. The van der Waals surface area contributed by atoms with Gasteiger partial charge in [0.05, 0.1) is 0 Å². The molecule has 0 heterocycles. The summed E-state index contributed by atoms with van der Waals surface area (Å²) >= 11 is 0. The lowest BCUT2D eigenvalue weighted by molar-refractivity contribution is 0.122. The molecule has 0 spiro atoms. The van der Waals surface area contributed by atoms with Crippen LogP contribution in [0.4, 0.5) is 0 Å². The van der Waals surface area contributed by atoms with Gasteiger partial charge in [0.2, 0.25) is 0 Å². The highest BCUT2D eigenvalue weighted by atomic mass is 15.1. The monoisotopic (exact) mass is 184 g/mol. The van der Waals surface area contributed by atoms with Gasteiger partial charge in [0.25, 0.3) is 0 Å². The molecule has 0 aromatic rings. The van der Waals surface area contributed by atoms with Crippen molar-refractivity contribution in [3.05, 3.63) is 0 Å². The van der Waals surface area contributed by atoms with Crippen molar-refractivity contribution in [2.45, 2.75) is 38.6 Å². The van der Waals surface area contributed by atoms with Gasteiger partial charge >= 0.3 is 0 Å². The Morgan fingerprint density at radius 3 is 2.46 bits per heavy atom. The molecule has 1 aliphatic rings. The van der Waals surface area contributed by atoms with Crippen molar-refractivity contribution < 1.29 is 0 Å². The second kappa shape index (κ2) is 4.97. The van der Waals surface area contributed by atoms with E-state index < -0.39 is 0 Å². The van der Waals surface area contributed by atoms with Crippen molar-refractivity contribution in [3.8, 4) is 0 Å². The molecule has 78 valence electrons. The van der Waals surface area contributed by atoms with E-state index in [-0.39, 0.29) is 0 Å².